The smallest absolute Gasteiger partial charge is 0.259 e. The van der Waals surface area contributed by atoms with Crippen LogP contribution in [0.15, 0.2) is 73.6 Å². The number of hydrogen-bond donors (Lipinski definition) is 1. The van der Waals surface area contributed by atoms with Crippen LogP contribution in [0.4, 0.5) is 0 Å². The van der Waals surface area contributed by atoms with Crippen molar-refractivity contribution < 1.29 is 9.59 Å². The summed E-state index contributed by atoms with van der Waals surface area (Å²) >= 11 is 0. The molecule has 6 heteroatoms. The van der Waals surface area contributed by atoms with E-state index in [-0.39, 0.29) is 18.4 Å². The second-order valence-electron chi connectivity index (χ2n) is 6.28. The van der Waals surface area contributed by atoms with Gasteiger partial charge < -0.3 is 5.32 Å². The Hall–Kier alpha value is -3.67. The van der Waals surface area contributed by atoms with E-state index >= 15 is 0 Å². The highest BCUT2D eigenvalue weighted by Crippen LogP contribution is 2.30. The number of aromatic nitrogens is 2. The fraction of sp³-hybridized carbons (Fsp3) is 0.0952. The first-order valence-corrected chi connectivity index (χ1v) is 8.59. The fourth-order valence-electron chi connectivity index (χ4n) is 3.09. The van der Waals surface area contributed by atoms with Gasteiger partial charge in [-0.2, -0.15) is 5.10 Å². The molecule has 6 nitrogen and oxygen atoms in total. The minimum absolute atomic E-state index is 0.0439. The number of rotatable bonds is 5. The Kier molecular flexibility index (Phi) is 4.30. The lowest BCUT2D eigenvalue weighted by Gasteiger charge is -2.17. The topological polar surface area (TPSA) is 67.2 Å². The zero-order chi connectivity index (χ0) is 18.8. The summed E-state index contributed by atoms with van der Waals surface area (Å²) in [6.45, 7) is 4.29. The molecule has 2 amide bonds. The average Bonchev–Trinajstić information content (AvgIpc) is 3.31. The van der Waals surface area contributed by atoms with E-state index in [0.29, 0.717) is 17.8 Å². The van der Waals surface area contributed by atoms with Gasteiger partial charge in [-0.3, -0.25) is 14.5 Å². The minimum Gasteiger partial charge on any atom is -0.350 e. The number of carbonyl (C=O) groups excluding carboxylic acids is 2. The van der Waals surface area contributed by atoms with Gasteiger partial charge in [-0.05, 0) is 29.8 Å². The van der Waals surface area contributed by atoms with Crippen LogP contribution in [-0.2, 0) is 11.3 Å². The predicted octanol–water partition coefficient (Wildman–Crippen LogP) is 2.62. The first kappa shape index (κ1) is 16.8. The molecule has 0 unspecified atom stereocenters. The number of nitrogens with zero attached hydrogens (tertiary/aromatic N) is 3. The van der Waals surface area contributed by atoms with E-state index in [1.54, 1.807) is 23.0 Å². The maximum Gasteiger partial charge on any atom is 0.259 e. The molecule has 0 bridgehead atoms. The SMILES string of the molecule is C=C1c2ccccc2C(=O)N1CC(=O)NCc1ccc(-n2cccn2)cc1. The number of fused-ring (bicyclic) bond motifs is 1. The lowest BCUT2D eigenvalue weighted by Crippen LogP contribution is -2.36. The van der Waals surface area contributed by atoms with E-state index in [1.807, 2.05) is 48.7 Å². The molecule has 4 rings (SSSR count). The molecule has 2 heterocycles. The zero-order valence-electron chi connectivity index (χ0n) is 14.6. The summed E-state index contributed by atoms with van der Waals surface area (Å²) in [7, 11) is 0. The van der Waals surface area contributed by atoms with E-state index < -0.39 is 0 Å². The molecule has 1 N–H and O–H groups in total. The standard InChI is InChI=1S/C21H18N4O2/c1-15-18-5-2-3-6-19(18)21(27)24(15)14-20(26)22-13-16-7-9-17(10-8-16)25-12-4-11-23-25/h2-12H,1,13-14H2,(H,22,26). The summed E-state index contributed by atoms with van der Waals surface area (Å²) in [4.78, 5) is 26.2. The summed E-state index contributed by atoms with van der Waals surface area (Å²) in [5, 5.41) is 7.03. The van der Waals surface area contributed by atoms with Crippen molar-refractivity contribution in [1.29, 1.82) is 0 Å². The Morgan fingerprint density at radius 1 is 1.04 bits per heavy atom. The van der Waals surface area contributed by atoms with Crippen molar-refractivity contribution in [2.24, 2.45) is 0 Å². The summed E-state index contributed by atoms with van der Waals surface area (Å²) in [6, 6.07) is 16.9. The van der Waals surface area contributed by atoms with Crippen molar-refractivity contribution in [1.82, 2.24) is 20.0 Å². The van der Waals surface area contributed by atoms with E-state index in [0.717, 1.165) is 16.8 Å². The van der Waals surface area contributed by atoms with Crippen LogP contribution < -0.4 is 5.32 Å². The molecule has 0 atom stereocenters. The van der Waals surface area contributed by atoms with Crippen molar-refractivity contribution in [3.63, 3.8) is 0 Å². The maximum absolute atomic E-state index is 12.4. The minimum atomic E-state index is -0.228. The number of benzene rings is 2. The van der Waals surface area contributed by atoms with Gasteiger partial charge in [0.05, 0.1) is 5.69 Å². The predicted molar refractivity (Wildman–Crippen MR) is 102 cm³/mol. The average molecular weight is 358 g/mol. The number of nitrogens with one attached hydrogen (secondary N) is 1. The summed E-state index contributed by atoms with van der Waals surface area (Å²) in [5.74, 6) is -0.414. The molecule has 134 valence electrons. The molecule has 3 aromatic rings. The van der Waals surface area contributed by atoms with Crippen LogP contribution in [0, 0.1) is 0 Å². The van der Waals surface area contributed by atoms with Gasteiger partial charge in [0.25, 0.3) is 5.91 Å². The van der Waals surface area contributed by atoms with E-state index in [4.69, 9.17) is 0 Å². The number of amides is 2. The van der Waals surface area contributed by atoms with Gasteiger partial charge in [-0.25, -0.2) is 4.68 Å². The highest BCUT2D eigenvalue weighted by molar-refractivity contribution is 6.10. The third-order valence-electron chi connectivity index (χ3n) is 4.54. The molecule has 0 fully saturated rings. The Morgan fingerprint density at radius 2 is 1.78 bits per heavy atom. The highest BCUT2D eigenvalue weighted by Gasteiger charge is 2.31. The van der Waals surface area contributed by atoms with Crippen LogP contribution >= 0.6 is 0 Å². The molecule has 0 saturated heterocycles. The third-order valence-corrected chi connectivity index (χ3v) is 4.54. The summed E-state index contributed by atoms with van der Waals surface area (Å²) < 4.78 is 1.77. The first-order chi connectivity index (χ1) is 13.1. The normalized spacial score (nSPS) is 13.0. The molecule has 1 aromatic heterocycles. The Bertz CT molecular complexity index is 972. The summed E-state index contributed by atoms with van der Waals surface area (Å²) in [5.41, 5.74) is 3.85. The molecule has 0 aliphatic carbocycles. The quantitative estimate of drug-likeness (QED) is 0.762. The highest BCUT2D eigenvalue weighted by atomic mass is 16.2. The lowest BCUT2D eigenvalue weighted by atomic mass is 10.1. The molecule has 27 heavy (non-hydrogen) atoms. The first-order valence-electron chi connectivity index (χ1n) is 8.59. The molecule has 1 aliphatic rings. The van der Waals surface area contributed by atoms with E-state index in [9.17, 15) is 9.59 Å². The van der Waals surface area contributed by atoms with E-state index in [2.05, 4.69) is 17.0 Å². The van der Waals surface area contributed by atoms with Gasteiger partial charge in [-0.15, -0.1) is 0 Å². The molecular formula is C21H18N4O2. The molecule has 1 aliphatic heterocycles. The fourth-order valence-corrected chi connectivity index (χ4v) is 3.09. The Balaban J connectivity index is 1.35. The zero-order valence-corrected chi connectivity index (χ0v) is 14.6. The van der Waals surface area contributed by atoms with Gasteiger partial charge in [-0.1, -0.05) is 36.9 Å². The van der Waals surface area contributed by atoms with Crippen LogP contribution in [0.3, 0.4) is 0 Å². The molecular weight excluding hydrogens is 340 g/mol. The van der Waals surface area contributed by atoms with Crippen LogP contribution in [-0.4, -0.2) is 33.0 Å². The maximum atomic E-state index is 12.4. The second-order valence-corrected chi connectivity index (χ2v) is 6.28. The van der Waals surface area contributed by atoms with Crippen molar-refractivity contribution in [2.75, 3.05) is 6.54 Å². The van der Waals surface area contributed by atoms with Crippen molar-refractivity contribution in [2.45, 2.75) is 6.54 Å². The lowest BCUT2D eigenvalue weighted by molar-refractivity contribution is -0.121. The number of carbonyl (C=O) groups is 2. The van der Waals surface area contributed by atoms with Gasteiger partial charge >= 0.3 is 0 Å². The largest absolute Gasteiger partial charge is 0.350 e. The van der Waals surface area contributed by atoms with Crippen LogP contribution in [0.25, 0.3) is 11.4 Å². The summed E-state index contributed by atoms with van der Waals surface area (Å²) in [6.07, 6.45) is 3.59. The van der Waals surface area contributed by atoms with Gasteiger partial charge in [0.2, 0.25) is 5.91 Å². The third kappa shape index (κ3) is 3.25. The van der Waals surface area contributed by atoms with Gasteiger partial charge in [0, 0.05) is 35.8 Å². The van der Waals surface area contributed by atoms with E-state index in [1.165, 1.54) is 4.90 Å². The molecule has 0 radical (unpaired) electrons. The second kappa shape index (κ2) is 6.92. The van der Waals surface area contributed by atoms with Crippen molar-refractivity contribution in [3.05, 3.63) is 90.3 Å². The van der Waals surface area contributed by atoms with Gasteiger partial charge in [0.1, 0.15) is 6.54 Å². The van der Waals surface area contributed by atoms with Crippen LogP contribution in [0.5, 0.6) is 0 Å². The van der Waals surface area contributed by atoms with Crippen molar-refractivity contribution in [3.8, 4) is 5.69 Å². The number of hydrogen-bond acceptors (Lipinski definition) is 3. The molecule has 2 aromatic carbocycles. The van der Waals surface area contributed by atoms with Crippen LogP contribution in [0.1, 0.15) is 21.5 Å². The Morgan fingerprint density at radius 3 is 2.44 bits per heavy atom. The Labute approximate surface area is 156 Å². The van der Waals surface area contributed by atoms with Gasteiger partial charge in [0.15, 0.2) is 0 Å². The monoisotopic (exact) mass is 358 g/mol. The molecule has 0 saturated carbocycles. The van der Waals surface area contributed by atoms with Crippen molar-refractivity contribution >= 4 is 17.5 Å². The van der Waals surface area contributed by atoms with Crippen LogP contribution in [0.2, 0.25) is 0 Å². The molecule has 0 spiro atoms.